The highest BCUT2D eigenvalue weighted by atomic mass is 15.3. The zero-order valence-corrected chi connectivity index (χ0v) is 10.4. The maximum atomic E-state index is 6.12. The van der Waals surface area contributed by atoms with Crippen molar-refractivity contribution in [3.8, 4) is 0 Å². The molecule has 1 fully saturated rings. The van der Waals surface area contributed by atoms with E-state index < -0.39 is 0 Å². The summed E-state index contributed by atoms with van der Waals surface area (Å²) in [5.41, 5.74) is 7.26. The fourth-order valence-corrected chi connectivity index (χ4v) is 2.05. The summed E-state index contributed by atoms with van der Waals surface area (Å²) in [5, 5.41) is 4.59. The van der Waals surface area contributed by atoms with E-state index >= 15 is 0 Å². The van der Waals surface area contributed by atoms with Crippen LogP contribution in [0.4, 0.5) is 0 Å². The van der Waals surface area contributed by atoms with Gasteiger partial charge in [0.15, 0.2) is 0 Å². The van der Waals surface area contributed by atoms with Gasteiger partial charge in [-0.25, -0.2) is 0 Å². The monoisotopic (exact) mass is 221 g/mol. The summed E-state index contributed by atoms with van der Waals surface area (Å²) in [5.74, 6) is 0.909. The van der Waals surface area contributed by atoms with Crippen molar-refractivity contribution in [1.29, 1.82) is 0 Å². The summed E-state index contributed by atoms with van der Waals surface area (Å²) in [6.45, 7) is 4.38. The van der Waals surface area contributed by atoms with Gasteiger partial charge in [0.1, 0.15) is 0 Å². The molecule has 90 valence electrons. The molecule has 0 aliphatic heterocycles. The molecule has 0 bridgehead atoms. The van der Waals surface area contributed by atoms with Crippen LogP contribution in [0.5, 0.6) is 0 Å². The van der Waals surface area contributed by atoms with Crippen molar-refractivity contribution in [2.45, 2.75) is 58.0 Å². The number of rotatable bonds is 6. The number of aromatic nitrogens is 2. The molecule has 0 spiro atoms. The molecule has 0 saturated heterocycles. The van der Waals surface area contributed by atoms with Crippen molar-refractivity contribution in [1.82, 2.24) is 9.78 Å². The molecule has 0 aromatic carbocycles. The zero-order chi connectivity index (χ0) is 11.5. The summed E-state index contributed by atoms with van der Waals surface area (Å²) >= 11 is 0. The van der Waals surface area contributed by atoms with Gasteiger partial charge in [0.25, 0.3) is 0 Å². The molecule has 2 unspecified atom stereocenters. The van der Waals surface area contributed by atoms with Crippen LogP contribution in [0.2, 0.25) is 0 Å². The Morgan fingerprint density at radius 1 is 1.56 bits per heavy atom. The second-order valence-corrected chi connectivity index (χ2v) is 5.19. The molecule has 1 saturated carbocycles. The topological polar surface area (TPSA) is 43.8 Å². The Morgan fingerprint density at radius 2 is 2.31 bits per heavy atom. The van der Waals surface area contributed by atoms with E-state index in [1.165, 1.54) is 19.3 Å². The predicted molar refractivity (Wildman–Crippen MR) is 66.2 cm³/mol. The average Bonchev–Trinajstić information content (AvgIpc) is 2.94. The average molecular weight is 221 g/mol. The Bertz CT molecular complexity index is 328. The van der Waals surface area contributed by atoms with Crippen molar-refractivity contribution in [2.24, 2.45) is 11.7 Å². The van der Waals surface area contributed by atoms with Gasteiger partial charge in [0, 0.05) is 24.7 Å². The van der Waals surface area contributed by atoms with Crippen molar-refractivity contribution in [2.75, 3.05) is 0 Å². The van der Waals surface area contributed by atoms with Gasteiger partial charge in [0.2, 0.25) is 0 Å². The molecule has 0 radical (unpaired) electrons. The van der Waals surface area contributed by atoms with Crippen LogP contribution in [0.25, 0.3) is 0 Å². The van der Waals surface area contributed by atoms with Gasteiger partial charge in [-0.2, -0.15) is 5.10 Å². The Hall–Kier alpha value is -0.830. The van der Waals surface area contributed by atoms with Gasteiger partial charge in [-0.3, -0.25) is 4.68 Å². The molecule has 1 aromatic rings. The Kier molecular flexibility index (Phi) is 3.64. The first-order chi connectivity index (χ1) is 7.69. The van der Waals surface area contributed by atoms with E-state index in [0.717, 1.165) is 24.5 Å². The standard InChI is InChI=1S/C13H23N3/c1-3-10(2)16-7-6-13(15-16)9-12(14)8-11-4-5-11/h6-7,10-12H,3-5,8-9,14H2,1-2H3. The molecule has 2 atom stereocenters. The molecule has 2 N–H and O–H groups in total. The summed E-state index contributed by atoms with van der Waals surface area (Å²) in [6, 6.07) is 2.90. The SMILES string of the molecule is CCC(C)n1ccc(CC(N)CC2CC2)n1. The van der Waals surface area contributed by atoms with Crippen LogP contribution < -0.4 is 5.73 Å². The van der Waals surface area contributed by atoms with Crippen LogP contribution in [0.1, 0.15) is 51.3 Å². The minimum Gasteiger partial charge on any atom is -0.327 e. The molecule has 1 aliphatic carbocycles. The molecule has 2 rings (SSSR count). The van der Waals surface area contributed by atoms with E-state index in [1.807, 2.05) is 0 Å². The number of hydrogen-bond acceptors (Lipinski definition) is 2. The van der Waals surface area contributed by atoms with Crippen LogP contribution in [0.3, 0.4) is 0 Å². The van der Waals surface area contributed by atoms with Crippen LogP contribution in [-0.2, 0) is 6.42 Å². The number of nitrogens with two attached hydrogens (primary N) is 1. The van der Waals surface area contributed by atoms with Crippen LogP contribution >= 0.6 is 0 Å². The third-order valence-electron chi connectivity index (χ3n) is 3.51. The van der Waals surface area contributed by atoms with E-state index in [0.29, 0.717) is 12.1 Å². The van der Waals surface area contributed by atoms with Crippen molar-refractivity contribution in [3.05, 3.63) is 18.0 Å². The largest absolute Gasteiger partial charge is 0.327 e. The molecule has 16 heavy (non-hydrogen) atoms. The predicted octanol–water partition coefficient (Wildman–Crippen LogP) is 2.52. The third kappa shape index (κ3) is 3.08. The maximum Gasteiger partial charge on any atom is 0.0640 e. The highest BCUT2D eigenvalue weighted by Crippen LogP contribution is 2.33. The molecular formula is C13H23N3. The molecule has 0 amide bonds. The lowest BCUT2D eigenvalue weighted by Crippen LogP contribution is -2.23. The second-order valence-electron chi connectivity index (χ2n) is 5.19. The van der Waals surface area contributed by atoms with Crippen molar-refractivity contribution < 1.29 is 0 Å². The lowest BCUT2D eigenvalue weighted by atomic mass is 10.1. The molecule has 3 nitrogen and oxygen atoms in total. The highest BCUT2D eigenvalue weighted by molar-refractivity contribution is 5.02. The summed E-state index contributed by atoms with van der Waals surface area (Å²) in [6.07, 6.45) is 8.07. The smallest absolute Gasteiger partial charge is 0.0640 e. The maximum absolute atomic E-state index is 6.12. The van der Waals surface area contributed by atoms with E-state index in [9.17, 15) is 0 Å². The van der Waals surface area contributed by atoms with E-state index in [-0.39, 0.29) is 0 Å². The van der Waals surface area contributed by atoms with Gasteiger partial charge in [-0.05, 0) is 31.7 Å². The number of hydrogen-bond donors (Lipinski definition) is 1. The van der Waals surface area contributed by atoms with Crippen molar-refractivity contribution in [3.63, 3.8) is 0 Å². The quantitative estimate of drug-likeness (QED) is 0.802. The first-order valence-electron chi connectivity index (χ1n) is 6.48. The Labute approximate surface area is 98.0 Å². The van der Waals surface area contributed by atoms with E-state index in [1.54, 1.807) is 0 Å². The van der Waals surface area contributed by atoms with Gasteiger partial charge >= 0.3 is 0 Å². The zero-order valence-electron chi connectivity index (χ0n) is 10.4. The molecule has 1 heterocycles. The second kappa shape index (κ2) is 5.00. The fourth-order valence-electron chi connectivity index (χ4n) is 2.05. The van der Waals surface area contributed by atoms with Gasteiger partial charge in [-0.1, -0.05) is 19.8 Å². The highest BCUT2D eigenvalue weighted by Gasteiger charge is 2.24. The minimum absolute atomic E-state index is 0.299. The molecule has 1 aliphatic rings. The summed E-state index contributed by atoms with van der Waals surface area (Å²) in [7, 11) is 0. The van der Waals surface area contributed by atoms with Crippen molar-refractivity contribution >= 4 is 0 Å². The van der Waals surface area contributed by atoms with E-state index in [4.69, 9.17) is 5.73 Å². The molecule has 3 heteroatoms. The third-order valence-corrected chi connectivity index (χ3v) is 3.51. The lowest BCUT2D eigenvalue weighted by molar-refractivity contribution is 0.469. The summed E-state index contributed by atoms with van der Waals surface area (Å²) < 4.78 is 2.05. The van der Waals surface area contributed by atoms with Crippen LogP contribution in [-0.4, -0.2) is 15.8 Å². The molecule has 1 aromatic heterocycles. The lowest BCUT2D eigenvalue weighted by Gasteiger charge is -2.10. The van der Waals surface area contributed by atoms with Crippen LogP contribution in [0, 0.1) is 5.92 Å². The fraction of sp³-hybridized carbons (Fsp3) is 0.769. The van der Waals surface area contributed by atoms with Gasteiger partial charge < -0.3 is 5.73 Å². The van der Waals surface area contributed by atoms with Crippen LogP contribution in [0.15, 0.2) is 12.3 Å². The normalized spacial score (nSPS) is 19.7. The Morgan fingerprint density at radius 3 is 2.94 bits per heavy atom. The summed E-state index contributed by atoms with van der Waals surface area (Å²) in [4.78, 5) is 0. The van der Waals surface area contributed by atoms with Gasteiger partial charge in [-0.15, -0.1) is 0 Å². The Balaban J connectivity index is 1.85. The minimum atomic E-state index is 0.299. The first kappa shape index (κ1) is 11.6. The first-order valence-corrected chi connectivity index (χ1v) is 6.48. The van der Waals surface area contributed by atoms with E-state index in [2.05, 4.69) is 35.9 Å². The molecular weight excluding hydrogens is 198 g/mol. The number of nitrogens with zero attached hydrogens (tertiary/aromatic N) is 2. The van der Waals surface area contributed by atoms with Gasteiger partial charge in [0.05, 0.1) is 5.69 Å².